The fraction of sp³-hybridized carbons (Fsp3) is 0.143. The highest BCUT2D eigenvalue weighted by Crippen LogP contribution is 2.25. The van der Waals surface area contributed by atoms with Crippen molar-refractivity contribution in [1.82, 2.24) is 0 Å². The molecule has 1 N–H and O–H groups in total. The van der Waals surface area contributed by atoms with Crippen LogP contribution in [-0.2, 0) is 14.9 Å². The lowest BCUT2D eigenvalue weighted by Crippen LogP contribution is -2.21. The van der Waals surface area contributed by atoms with E-state index in [-0.39, 0.29) is 16.2 Å². The molecule has 9 heteroatoms. The summed E-state index contributed by atoms with van der Waals surface area (Å²) >= 11 is 0. The van der Waals surface area contributed by atoms with Gasteiger partial charge in [0.1, 0.15) is 0 Å². The van der Waals surface area contributed by atoms with Crippen molar-refractivity contribution in [2.24, 2.45) is 11.0 Å². The molecule has 1 aromatic carbocycles. The lowest BCUT2D eigenvalue weighted by Gasteiger charge is -2.11. The molecule has 1 aliphatic heterocycles. The number of allylic oxidation sites excluding steroid dienone is 1. The Labute approximate surface area is 132 Å². The zero-order chi connectivity index (χ0) is 17.2. The van der Waals surface area contributed by atoms with Crippen molar-refractivity contribution in [1.29, 1.82) is 10.5 Å². The predicted octanol–water partition coefficient (Wildman–Crippen LogP) is 1.25. The lowest BCUT2D eigenvalue weighted by atomic mass is 10.1. The van der Waals surface area contributed by atoms with E-state index in [0.717, 1.165) is 17.1 Å². The van der Waals surface area contributed by atoms with E-state index in [2.05, 4.69) is 5.10 Å². The number of benzene rings is 1. The van der Waals surface area contributed by atoms with Gasteiger partial charge in [0.15, 0.2) is 5.92 Å². The van der Waals surface area contributed by atoms with Crippen LogP contribution < -0.4 is 5.01 Å². The largest absolute Gasteiger partial charge is 0.294 e. The first-order valence-corrected chi connectivity index (χ1v) is 7.70. The van der Waals surface area contributed by atoms with Crippen LogP contribution in [-0.4, -0.2) is 24.6 Å². The summed E-state index contributed by atoms with van der Waals surface area (Å²) in [6.07, 6.45) is 1.23. The number of carbonyl (C=O) groups is 1. The molecule has 0 spiro atoms. The van der Waals surface area contributed by atoms with E-state index in [0.29, 0.717) is 5.71 Å². The average molecular weight is 330 g/mol. The van der Waals surface area contributed by atoms with Crippen molar-refractivity contribution in [3.05, 3.63) is 35.9 Å². The molecule has 116 valence electrons. The summed E-state index contributed by atoms with van der Waals surface area (Å²) in [7, 11) is -4.32. The van der Waals surface area contributed by atoms with Crippen LogP contribution in [0.1, 0.15) is 6.92 Å². The van der Waals surface area contributed by atoms with Crippen LogP contribution in [0.5, 0.6) is 0 Å². The van der Waals surface area contributed by atoms with E-state index >= 15 is 0 Å². The first-order chi connectivity index (χ1) is 10.8. The number of nitriles is 2. The van der Waals surface area contributed by atoms with E-state index in [1.54, 1.807) is 19.1 Å². The molecule has 0 saturated carbocycles. The van der Waals surface area contributed by atoms with Gasteiger partial charge in [0.25, 0.3) is 16.0 Å². The summed E-state index contributed by atoms with van der Waals surface area (Å²) in [5, 5.41) is 22.6. The molecule has 0 aliphatic carbocycles. The number of hydrazone groups is 1. The summed E-state index contributed by atoms with van der Waals surface area (Å²) in [5.74, 6) is -1.60. The third-order valence-electron chi connectivity index (χ3n) is 3.05. The van der Waals surface area contributed by atoms with Crippen molar-refractivity contribution >= 4 is 27.4 Å². The van der Waals surface area contributed by atoms with Gasteiger partial charge in [0.2, 0.25) is 0 Å². The van der Waals surface area contributed by atoms with Gasteiger partial charge in [-0.3, -0.25) is 9.35 Å². The Bertz CT molecular complexity index is 888. The van der Waals surface area contributed by atoms with Crippen molar-refractivity contribution < 1.29 is 17.8 Å². The number of hydrogen-bond acceptors (Lipinski definition) is 6. The van der Waals surface area contributed by atoms with Crippen LogP contribution in [0.3, 0.4) is 0 Å². The SMILES string of the molecule is CC1=NN(c2ccc(S(=O)(=O)O)cc2)C(=O)/C1=C/C(C#N)C#N. The second kappa shape index (κ2) is 6.01. The fourth-order valence-corrected chi connectivity index (χ4v) is 2.39. The van der Waals surface area contributed by atoms with Gasteiger partial charge in [-0.2, -0.15) is 29.1 Å². The monoisotopic (exact) mass is 330 g/mol. The maximum atomic E-state index is 12.3. The van der Waals surface area contributed by atoms with Crippen LogP contribution >= 0.6 is 0 Å². The molecule has 1 amide bonds. The Morgan fingerprint density at radius 1 is 1.26 bits per heavy atom. The third-order valence-corrected chi connectivity index (χ3v) is 3.92. The molecule has 0 fully saturated rings. The normalized spacial score (nSPS) is 16.4. The van der Waals surface area contributed by atoms with Crippen LogP contribution in [0, 0.1) is 28.6 Å². The Kier molecular flexibility index (Phi) is 4.27. The third kappa shape index (κ3) is 3.26. The Morgan fingerprint density at radius 2 is 1.83 bits per heavy atom. The minimum absolute atomic E-state index is 0.136. The Morgan fingerprint density at radius 3 is 2.30 bits per heavy atom. The zero-order valence-electron chi connectivity index (χ0n) is 11.8. The average Bonchev–Trinajstić information content (AvgIpc) is 2.79. The maximum absolute atomic E-state index is 12.3. The molecule has 0 aromatic heterocycles. The van der Waals surface area contributed by atoms with E-state index < -0.39 is 21.9 Å². The highest BCUT2D eigenvalue weighted by Gasteiger charge is 2.29. The fourth-order valence-electron chi connectivity index (χ4n) is 1.91. The van der Waals surface area contributed by atoms with Crippen molar-refractivity contribution in [3.63, 3.8) is 0 Å². The Hall–Kier alpha value is -3.01. The smallest absolute Gasteiger partial charge is 0.282 e. The molecule has 2 rings (SSSR count). The molecular weight excluding hydrogens is 320 g/mol. The molecule has 0 radical (unpaired) electrons. The van der Waals surface area contributed by atoms with Gasteiger partial charge in [-0.15, -0.1) is 0 Å². The van der Waals surface area contributed by atoms with Crippen LogP contribution in [0.4, 0.5) is 5.69 Å². The van der Waals surface area contributed by atoms with Crippen LogP contribution in [0.15, 0.2) is 45.9 Å². The molecule has 1 aromatic rings. The molecule has 0 unspecified atom stereocenters. The van der Waals surface area contributed by atoms with Gasteiger partial charge in [-0.1, -0.05) is 0 Å². The van der Waals surface area contributed by atoms with Crippen molar-refractivity contribution in [2.45, 2.75) is 11.8 Å². The maximum Gasteiger partial charge on any atom is 0.294 e. The van der Waals surface area contributed by atoms with Crippen molar-refractivity contribution in [3.8, 4) is 12.1 Å². The molecule has 0 saturated heterocycles. The van der Waals surface area contributed by atoms with E-state index in [4.69, 9.17) is 15.1 Å². The first-order valence-electron chi connectivity index (χ1n) is 6.26. The molecule has 0 atom stereocenters. The number of rotatable bonds is 3. The van der Waals surface area contributed by atoms with Crippen LogP contribution in [0.2, 0.25) is 0 Å². The van der Waals surface area contributed by atoms with E-state index in [9.17, 15) is 13.2 Å². The lowest BCUT2D eigenvalue weighted by molar-refractivity contribution is -0.114. The molecular formula is C14H10N4O4S. The number of amides is 1. The molecule has 1 aliphatic rings. The topological polar surface area (TPSA) is 135 Å². The van der Waals surface area contributed by atoms with Crippen molar-refractivity contribution in [2.75, 3.05) is 5.01 Å². The summed E-state index contributed by atoms with van der Waals surface area (Å²) in [5.41, 5.74) is 0.761. The predicted molar refractivity (Wildman–Crippen MR) is 79.7 cm³/mol. The quantitative estimate of drug-likeness (QED) is 0.654. The summed E-state index contributed by atoms with van der Waals surface area (Å²) in [4.78, 5) is 12.0. The second-order valence-corrected chi connectivity index (χ2v) is 6.01. The van der Waals surface area contributed by atoms with Gasteiger partial charge in [0.05, 0.1) is 34.0 Å². The van der Waals surface area contributed by atoms with Gasteiger partial charge < -0.3 is 0 Å². The highest BCUT2D eigenvalue weighted by atomic mass is 32.2. The second-order valence-electron chi connectivity index (χ2n) is 4.59. The van der Waals surface area contributed by atoms with E-state index in [1.165, 1.54) is 18.2 Å². The molecule has 23 heavy (non-hydrogen) atoms. The molecule has 1 heterocycles. The van der Waals surface area contributed by atoms with Crippen LogP contribution in [0.25, 0.3) is 0 Å². The summed E-state index contributed by atoms with van der Waals surface area (Å²) in [6.45, 7) is 1.56. The first kappa shape index (κ1) is 16.4. The molecule has 0 bridgehead atoms. The standard InChI is InChI=1S/C14H10N4O4S/c1-9-13(6-10(7-15)8-16)14(19)18(17-9)11-2-4-12(5-3-11)23(20,21)22/h2-6,10H,1H3,(H,20,21,22)/b13-6+. The van der Waals surface area contributed by atoms with Gasteiger partial charge in [0, 0.05) is 0 Å². The number of hydrogen-bond donors (Lipinski definition) is 1. The highest BCUT2D eigenvalue weighted by molar-refractivity contribution is 7.85. The number of anilines is 1. The van der Waals surface area contributed by atoms with Gasteiger partial charge in [-0.25, -0.2) is 0 Å². The van der Waals surface area contributed by atoms with Gasteiger partial charge >= 0.3 is 0 Å². The van der Waals surface area contributed by atoms with E-state index in [1.807, 2.05) is 0 Å². The zero-order valence-corrected chi connectivity index (χ0v) is 12.6. The number of nitrogens with zero attached hydrogens (tertiary/aromatic N) is 4. The number of carbonyl (C=O) groups excluding carboxylic acids is 1. The van der Waals surface area contributed by atoms with Gasteiger partial charge in [-0.05, 0) is 37.3 Å². The minimum atomic E-state index is -4.32. The minimum Gasteiger partial charge on any atom is -0.282 e. The summed E-state index contributed by atoms with van der Waals surface area (Å²) in [6, 6.07) is 8.38. The molecule has 8 nitrogen and oxygen atoms in total. The Balaban J connectivity index is 2.36. The summed E-state index contributed by atoms with van der Waals surface area (Å²) < 4.78 is 30.9.